The summed E-state index contributed by atoms with van der Waals surface area (Å²) in [6, 6.07) is 8.17. The molecule has 1 aromatic carbocycles. The zero-order chi connectivity index (χ0) is 31.1. The highest BCUT2D eigenvalue weighted by atomic mass is 35.5. The van der Waals surface area contributed by atoms with Crippen molar-refractivity contribution in [3.63, 3.8) is 0 Å². The van der Waals surface area contributed by atoms with E-state index in [0.29, 0.717) is 16.6 Å². The largest absolute Gasteiger partial charge is 0.511 e. The van der Waals surface area contributed by atoms with Crippen molar-refractivity contribution in [3.05, 3.63) is 52.9 Å². The maximum absolute atomic E-state index is 13.6. The number of aromatic nitrogens is 3. The SMILES string of the molecule is CCOC(=O)OC(C)OC(=O)c1cccc2c1nc(C(=O)NC1CCN(C(C)C)CC1)n2CC(=O)Nc1ccc(Cl)cn1. The van der Waals surface area contributed by atoms with Gasteiger partial charge in [0.1, 0.15) is 17.9 Å². The second-order valence-electron chi connectivity index (χ2n) is 10.3. The molecule has 3 aromatic rings. The highest BCUT2D eigenvalue weighted by Crippen LogP contribution is 2.23. The van der Waals surface area contributed by atoms with Gasteiger partial charge in [-0.15, -0.1) is 0 Å². The maximum atomic E-state index is 13.6. The zero-order valence-corrected chi connectivity index (χ0v) is 25.2. The van der Waals surface area contributed by atoms with Crippen molar-refractivity contribution in [2.24, 2.45) is 0 Å². The number of carbonyl (C=O) groups excluding carboxylic acids is 4. The van der Waals surface area contributed by atoms with Crippen LogP contribution in [0.5, 0.6) is 0 Å². The van der Waals surface area contributed by atoms with Crippen molar-refractivity contribution in [1.29, 1.82) is 0 Å². The van der Waals surface area contributed by atoms with Crippen LogP contribution in [0.25, 0.3) is 11.0 Å². The number of halogens is 1. The number of imidazole rings is 1. The minimum absolute atomic E-state index is 0.0228. The van der Waals surface area contributed by atoms with Gasteiger partial charge in [0.25, 0.3) is 5.91 Å². The van der Waals surface area contributed by atoms with Crippen LogP contribution in [0.4, 0.5) is 10.6 Å². The third-order valence-electron chi connectivity index (χ3n) is 6.89. The molecule has 1 fully saturated rings. The number of amides is 2. The van der Waals surface area contributed by atoms with Crippen LogP contribution < -0.4 is 10.6 Å². The minimum Gasteiger partial charge on any atom is -0.435 e. The number of anilines is 1. The molecular weight excluding hydrogens is 580 g/mol. The van der Waals surface area contributed by atoms with E-state index >= 15 is 0 Å². The van der Waals surface area contributed by atoms with Gasteiger partial charge < -0.3 is 34.3 Å². The number of hydrogen-bond acceptors (Lipinski definition) is 10. The Labute approximate surface area is 253 Å². The van der Waals surface area contributed by atoms with Crippen LogP contribution in [0, 0.1) is 0 Å². The fourth-order valence-electron chi connectivity index (χ4n) is 4.76. The summed E-state index contributed by atoms with van der Waals surface area (Å²) in [6.07, 6.45) is 0.703. The van der Waals surface area contributed by atoms with Crippen molar-refractivity contribution in [1.82, 2.24) is 24.8 Å². The number of likely N-dealkylation sites (tertiary alicyclic amines) is 1. The van der Waals surface area contributed by atoms with Crippen molar-refractivity contribution in [3.8, 4) is 0 Å². The van der Waals surface area contributed by atoms with Crippen molar-refractivity contribution < 1.29 is 33.4 Å². The number of hydrogen-bond donors (Lipinski definition) is 2. The summed E-state index contributed by atoms with van der Waals surface area (Å²) in [5.41, 5.74) is 0.523. The number of piperidine rings is 1. The standard InChI is InChI=1S/C29H35ClN6O7/c1-5-41-29(40)43-18(4)42-28(39)21-7-6-8-22-25(21)34-26(27(38)32-20-11-13-35(14-12-20)17(2)3)36(22)16-24(37)33-23-10-9-19(30)15-31-23/h6-10,15,17-18,20H,5,11-14,16H2,1-4H3,(H,32,38)(H,31,33,37). The van der Waals surface area contributed by atoms with Crippen LogP contribution in [-0.4, -0.2) is 81.4 Å². The monoisotopic (exact) mass is 614 g/mol. The first kappa shape index (κ1) is 31.7. The van der Waals surface area contributed by atoms with Gasteiger partial charge in [0.05, 0.1) is 22.7 Å². The van der Waals surface area contributed by atoms with Crippen LogP contribution in [0.15, 0.2) is 36.5 Å². The average Bonchev–Trinajstić information content (AvgIpc) is 3.33. The van der Waals surface area contributed by atoms with E-state index in [-0.39, 0.29) is 41.9 Å². The molecule has 43 heavy (non-hydrogen) atoms. The molecule has 4 rings (SSSR count). The van der Waals surface area contributed by atoms with Crippen molar-refractivity contribution >= 4 is 52.4 Å². The van der Waals surface area contributed by atoms with Gasteiger partial charge in [-0.25, -0.2) is 19.6 Å². The van der Waals surface area contributed by atoms with Gasteiger partial charge in [-0.3, -0.25) is 9.59 Å². The number of benzene rings is 1. The summed E-state index contributed by atoms with van der Waals surface area (Å²) in [4.78, 5) is 62.3. The Kier molecular flexibility index (Phi) is 10.5. The summed E-state index contributed by atoms with van der Waals surface area (Å²) >= 11 is 5.90. The molecule has 230 valence electrons. The first-order valence-corrected chi connectivity index (χ1v) is 14.4. The Balaban J connectivity index is 1.61. The zero-order valence-electron chi connectivity index (χ0n) is 24.5. The summed E-state index contributed by atoms with van der Waals surface area (Å²) in [6.45, 7) is 8.75. The molecule has 1 atom stereocenters. The lowest BCUT2D eigenvalue weighted by molar-refractivity contribution is -0.116. The van der Waals surface area contributed by atoms with Gasteiger partial charge in [-0.05, 0) is 57.9 Å². The molecule has 2 aromatic heterocycles. The van der Waals surface area contributed by atoms with Gasteiger partial charge in [0, 0.05) is 38.3 Å². The molecule has 2 amide bonds. The van der Waals surface area contributed by atoms with Gasteiger partial charge in [-0.1, -0.05) is 17.7 Å². The maximum Gasteiger partial charge on any atom is 0.511 e. The summed E-state index contributed by atoms with van der Waals surface area (Å²) < 4.78 is 16.4. The van der Waals surface area contributed by atoms with Crippen LogP contribution >= 0.6 is 11.6 Å². The van der Waals surface area contributed by atoms with E-state index in [9.17, 15) is 19.2 Å². The van der Waals surface area contributed by atoms with E-state index in [1.54, 1.807) is 31.2 Å². The van der Waals surface area contributed by atoms with Crippen LogP contribution in [-0.2, 0) is 25.5 Å². The molecule has 1 aliphatic heterocycles. The molecule has 1 aliphatic rings. The van der Waals surface area contributed by atoms with Gasteiger partial charge in [0.15, 0.2) is 0 Å². The predicted molar refractivity (Wildman–Crippen MR) is 158 cm³/mol. The number of nitrogens with zero attached hydrogens (tertiary/aromatic N) is 4. The van der Waals surface area contributed by atoms with E-state index in [2.05, 4.69) is 39.3 Å². The lowest BCUT2D eigenvalue weighted by atomic mass is 10.0. The van der Waals surface area contributed by atoms with Gasteiger partial charge in [0.2, 0.25) is 18.0 Å². The Morgan fingerprint density at radius 1 is 1.07 bits per heavy atom. The molecule has 0 radical (unpaired) electrons. The lowest BCUT2D eigenvalue weighted by Crippen LogP contribution is -2.47. The predicted octanol–water partition coefficient (Wildman–Crippen LogP) is 4.00. The smallest absolute Gasteiger partial charge is 0.435 e. The molecule has 1 unspecified atom stereocenters. The van der Waals surface area contributed by atoms with Crippen molar-refractivity contribution in [2.45, 2.75) is 65.5 Å². The topological polar surface area (TPSA) is 154 Å². The Morgan fingerprint density at radius 3 is 2.47 bits per heavy atom. The van der Waals surface area contributed by atoms with Crippen LogP contribution in [0.1, 0.15) is 61.5 Å². The molecule has 0 bridgehead atoms. The molecule has 0 aliphatic carbocycles. The fraction of sp³-hybridized carbons (Fsp3) is 0.448. The lowest BCUT2D eigenvalue weighted by Gasteiger charge is -2.34. The molecule has 14 heteroatoms. The average molecular weight is 615 g/mol. The van der Waals surface area contributed by atoms with Crippen LogP contribution in [0.3, 0.4) is 0 Å². The Hall–Kier alpha value is -4.23. The number of ether oxygens (including phenoxy) is 3. The molecule has 1 saturated heterocycles. The highest BCUT2D eigenvalue weighted by Gasteiger charge is 2.28. The summed E-state index contributed by atoms with van der Waals surface area (Å²) in [5.74, 6) is -1.55. The minimum atomic E-state index is -1.25. The quantitative estimate of drug-likeness (QED) is 0.253. The number of rotatable bonds is 10. The van der Waals surface area contributed by atoms with E-state index in [1.165, 1.54) is 23.8 Å². The van der Waals surface area contributed by atoms with Crippen molar-refractivity contribution in [2.75, 3.05) is 25.0 Å². The van der Waals surface area contributed by atoms with E-state index in [1.807, 2.05) is 0 Å². The summed E-state index contributed by atoms with van der Waals surface area (Å²) in [5, 5.41) is 6.14. The highest BCUT2D eigenvalue weighted by molar-refractivity contribution is 6.30. The normalized spacial score (nSPS) is 14.7. The Morgan fingerprint density at radius 2 is 1.81 bits per heavy atom. The number of nitrogens with one attached hydrogen (secondary N) is 2. The molecule has 0 spiro atoms. The van der Waals surface area contributed by atoms with E-state index in [0.717, 1.165) is 25.9 Å². The fourth-order valence-corrected chi connectivity index (χ4v) is 4.87. The Bertz CT molecular complexity index is 1470. The number of fused-ring (bicyclic) bond motifs is 1. The number of para-hydroxylation sites is 1. The first-order valence-electron chi connectivity index (χ1n) is 14.1. The number of carbonyl (C=O) groups is 4. The second-order valence-corrected chi connectivity index (χ2v) is 10.7. The summed E-state index contributed by atoms with van der Waals surface area (Å²) in [7, 11) is 0. The number of pyridine rings is 1. The molecule has 13 nitrogen and oxygen atoms in total. The van der Waals surface area contributed by atoms with E-state index in [4.69, 9.17) is 25.8 Å². The molecule has 3 heterocycles. The van der Waals surface area contributed by atoms with Gasteiger partial charge in [-0.2, -0.15) is 0 Å². The number of esters is 1. The molecular formula is C29H35ClN6O7. The van der Waals surface area contributed by atoms with E-state index < -0.39 is 30.2 Å². The second kappa shape index (κ2) is 14.3. The molecule has 0 saturated carbocycles. The third-order valence-corrected chi connectivity index (χ3v) is 7.11. The molecule has 2 N–H and O–H groups in total. The first-order chi connectivity index (χ1) is 20.5. The third kappa shape index (κ3) is 8.20. The van der Waals surface area contributed by atoms with Gasteiger partial charge >= 0.3 is 12.1 Å². The van der Waals surface area contributed by atoms with Crippen LogP contribution in [0.2, 0.25) is 5.02 Å².